The van der Waals surface area contributed by atoms with Crippen molar-refractivity contribution < 1.29 is 9.53 Å². The molecular formula is C25H48O2. The zero-order valence-corrected chi connectivity index (χ0v) is 18.6. The maximum absolute atomic E-state index is 11.7. The van der Waals surface area contributed by atoms with Crippen LogP contribution in [0.4, 0.5) is 0 Å². The van der Waals surface area contributed by atoms with E-state index in [-0.39, 0.29) is 5.97 Å². The van der Waals surface area contributed by atoms with Gasteiger partial charge in [0.1, 0.15) is 0 Å². The van der Waals surface area contributed by atoms with Crippen molar-refractivity contribution in [2.24, 2.45) is 0 Å². The van der Waals surface area contributed by atoms with Crippen LogP contribution in [0.3, 0.4) is 0 Å². The first-order chi connectivity index (χ1) is 13.3. The lowest BCUT2D eigenvalue weighted by Gasteiger charge is -2.05. The van der Waals surface area contributed by atoms with Gasteiger partial charge in [-0.3, -0.25) is 4.79 Å². The molecule has 0 atom stereocenters. The molecule has 0 aromatic rings. The van der Waals surface area contributed by atoms with E-state index in [2.05, 4.69) is 26.0 Å². The maximum Gasteiger partial charge on any atom is 0.305 e. The quantitative estimate of drug-likeness (QED) is 0.113. The van der Waals surface area contributed by atoms with Crippen LogP contribution in [0.5, 0.6) is 0 Å². The first kappa shape index (κ1) is 26.2. The predicted octanol–water partition coefficient (Wildman–Crippen LogP) is 8.54. The van der Waals surface area contributed by atoms with E-state index in [4.69, 9.17) is 4.74 Å². The number of carbonyl (C=O) groups excluding carboxylic acids is 1. The number of unbranched alkanes of at least 4 members (excludes halogenated alkanes) is 15. The van der Waals surface area contributed by atoms with Gasteiger partial charge in [0.15, 0.2) is 0 Å². The summed E-state index contributed by atoms with van der Waals surface area (Å²) in [5.41, 5.74) is 0. The Balaban J connectivity index is 3.15. The highest BCUT2D eigenvalue weighted by Crippen LogP contribution is 2.13. The van der Waals surface area contributed by atoms with Crippen molar-refractivity contribution in [1.82, 2.24) is 0 Å². The summed E-state index contributed by atoms with van der Waals surface area (Å²) in [7, 11) is 0. The minimum Gasteiger partial charge on any atom is -0.466 e. The van der Waals surface area contributed by atoms with Gasteiger partial charge in [-0.15, -0.1) is 0 Å². The highest BCUT2D eigenvalue weighted by Gasteiger charge is 2.02. The maximum atomic E-state index is 11.7. The summed E-state index contributed by atoms with van der Waals surface area (Å²) in [6.07, 6.45) is 28.1. The lowest BCUT2D eigenvalue weighted by atomic mass is 10.0. The van der Waals surface area contributed by atoms with Crippen LogP contribution >= 0.6 is 0 Å². The summed E-state index contributed by atoms with van der Waals surface area (Å²) in [5, 5.41) is 0. The molecule has 0 aromatic carbocycles. The van der Waals surface area contributed by atoms with Gasteiger partial charge in [0.25, 0.3) is 0 Å². The fourth-order valence-corrected chi connectivity index (χ4v) is 3.37. The molecular weight excluding hydrogens is 332 g/mol. The first-order valence-corrected chi connectivity index (χ1v) is 12.1. The van der Waals surface area contributed by atoms with Crippen LogP contribution in [-0.2, 0) is 9.53 Å². The minimum absolute atomic E-state index is 0.00366. The number of carbonyl (C=O) groups is 1. The van der Waals surface area contributed by atoms with Gasteiger partial charge in [-0.05, 0) is 38.5 Å². The van der Waals surface area contributed by atoms with Gasteiger partial charge in [-0.2, -0.15) is 0 Å². The smallest absolute Gasteiger partial charge is 0.305 e. The Morgan fingerprint density at radius 1 is 0.630 bits per heavy atom. The van der Waals surface area contributed by atoms with E-state index >= 15 is 0 Å². The van der Waals surface area contributed by atoms with Crippen molar-refractivity contribution >= 4 is 5.97 Å². The largest absolute Gasteiger partial charge is 0.466 e. The molecule has 27 heavy (non-hydrogen) atoms. The van der Waals surface area contributed by atoms with Crippen molar-refractivity contribution in [3.05, 3.63) is 12.2 Å². The summed E-state index contributed by atoms with van der Waals surface area (Å²) in [5.74, 6) is 0.00366. The fraction of sp³-hybridized carbons (Fsp3) is 0.880. The number of rotatable bonds is 21. The number of hydrogen-bond donors (Lipinski definition) is 0. The molecule has 0 aliphatic rings. The standard InChI is InChI=1S/C25H48O2/c1-3-5-7-9-11-12-13-14-15-16-17-19-21-23-25(26)27-24-22-20-18-10-8-6-4-2/h6,8H,3-5,7,9-24H2,1-2H3. The van der Waals surface area contributed by atoms with Crippen molar-refractivity contribution in [1.29, 1.82) is 0 Å². The highest BCUT2D eigenvalue weighted by molar-refractivity contribution is 5.69. The number of allylic oxidation sites excluding steroid dienone is 2. The molecule has 0 bridgehead atoms. The lowest BCUT2D eigenvalue weighted by Crippen LogP contribution is -2.05. The van der Waals surface area contributed by atoms with Crippen LogP contribution < -0.4 is 0 Å². The average molecular weight is 381 g/mol. The Bertz CT molecular complexity index is 322. The van der Waals surface area contributed by atoms with E-state index in [1.54, 1.807) is 0 Å². The van der Waals surface area contributed by atoms with Crippen LogP contribution in [0.15, 0.2) is 12.2 Å². The molecule has 0 saturated carbocycles. The Morgan fingerprint density at radius 3 is 1.70 bits per heavy atom. The predicted molar refractivity (Wildman–Crippen MR) is 119 cm³/mol. The molecule has 0 aliphatic carbocycles. The van der Waals surface area contributed by atoms with E-state index in [0.29, 0.717) is 13.0 Å². The third-order valence-corrected chi connectivity index (χ3v) is 5.17. The second-order valence-corrected chi connectivity index (χ2v) is 7.94. The van der Waals surface area contributed by atoms with Crippen molar-refractivity contribution in [2.45, 2.75) is 136 Å². The number of hydrogen-bond acceptors (Lipinski definition) is 2. The Kier molecular flexibility index (Phi) is 22.6. The summed E-state index contributed by atoms with van der Waals surface area (Å²) >= 11 is 0. The molecule has 0 unspecified atom stereocenters. The van der Waals surface area contributed by atoms with Crippen LogP contribution in [0.2, 0.25) is 0 Å². The third kappa shape index (κ3) is 23.2. The summed E-state index contributed by atoms with van der Waals surface area (Å²) < 4.78 is 5.32. The summed E-state index contributed by atoms with van der Waals surface area (Å²) in [6.45, 7) is 5.04. The Morgan fingerprint density at radius 2 is 1.15 bits per heavy atom. The molecule has 0 saturated heterocycles. The van der Waals surface area contributed by atoms with Crippen LogP contribution in [0.25, 0.3) is 0 Å². The van der Waals surface area contributed by atoms with Crippen molar-refractivity contribution in [3.8, 4) is 0 Å². The van der Waals surface area contributed by atoms with Crippen LogP contribution in [0, 0.1) is 0 Å². The van der Waals surface area contributed by atoms with Gasteiger partial charge in [0, 0.05) is 6.42 Å². The topological polar surface area (TPSA) is 26.3 Å². The average Bonchev–Trinajstić information content (AvgIpc) is 2.67. The molecule has 0 fully saturated rings. The van der Waals surface area contributed by atoms with E-state index < -0.39 is 0 Å². The fourth-order valence-electron chi connectivity index (χ4n) is 3.37. The molecule has 0 amide bonds. The first-order valence-electron chi connectivity index (χ1n) is 12.1. The normalized spacial score (nSPS) is 11.3. The molecule has 2 heteroatoms. The zero-order valence-electron chi connectivity index (χ0n) is 18.6. The van der Waals surface area contributed by atoms with Gasteiger partial charge < -0.3 is 4.74 Å². The molecule has 0 heterocycles. The van der Waals surface area contributed by atoms with Crippen LogP contribution in [0.1, 0.15) is 136 Å². The second-order valence-electron chi connectivity index (χ2n) is 7.94. The van der Waals surface area contributed by atoms with E-state index in [1.807, 2.05) is 0 Å². The monoisotopic (exact) mass is 380 g/mol. The van der Waals surface area contributed by atoms with Gasteiger partial charge in [0.05, 0.1) is 6.61 Å². The van der Waals surface area contributed by atoms with Crippen LogP contribution in [-0.4, -0.2) is 12.6 Å². The Hall–Kier alpha value is -0.790. The van der Waals surface area contributed by atoms with Gasteiger partial charge in [-0.25, -0.2) is 0 Å². The lowest BCUT2D eigenvalue weighted by molar-refractivity contribution is -0.143. The van der Waals surface area contributed by atoms with Crippen molar-refractivity contribution in [2.75, 3.05) is 6.61 Å². The van der Waals surface area contributed by atoms with E-state index in [9.17, 15) is 4.79 Å². The molecule has 160 valence electrons. The minimum atomic E-state index is 0.00366. The van der Waals surface area contributed by atoms with Gasteiger partial charge in [0.2, 0.25) is 0 Å². The molecule has 0 N–H and O–H groups in total. The second kappa shape index (κ2) is 23.2. The molecule has 0 aliphatic heterocycles. The number of esters is 1. The zero-order chi connectivity index (χ0) is 19.8. The molecule has 0 rings (SSSR count). The molecule has 0 aromatic heterocycles. The summed E-state index contributed by atoms with van der Waals surface area (Å²) in [6, 6.07) is 0. The SMILES string of the molecule is CCC=CCCCCCOC(=O)CCCCCCCCCCCCCCC. The molecule has 0 spiro atoms. The third-order valence-electron chi connectivity index (χ3n) is 5.17. The number of ether oxygens (including phenoxy) is 1. The summed E-state index contributed by atoms with van der Waals surface area (Å²) in [4.78, 5) is 11.7. The highest BCUT2D eigenvalue weighted by atomic mass is 16.5. The Labute approximate surface area is 170 Å². The molecule has 2 nitrogen and oxygen atoms in total. The van der Waals surface area contributed by atoms with Crippen molar-refractivity contribution in [3.63, 3.8) is 0 Å². The van der Waals surface area contributed by atoms with Gasteiger partial charge >= 0.3 is 5.97 Å². The van der Waals surface area contributed by atoms with E-state index in [1.165, 1.54) is 83.5 Å². The van der Waals surface area contributed by atoms with Gasteiger partial charge in [-0.1, -0.05) is 103 Å². The molecule has 0 radical (unpaired) electrons. The van der Waals surface area contributed by atoms with E-state index in [0.717, 1.165) is 32.1 Å².